The zero-order chi connectivity index (χ0) is 10.0. The first-order chi connectivity index (χ1) is 6.07. The highest BCUT2D eigenvalue weighted by Crippen LogP contribution is 2.16. The van der Waals surface area contributed by atoms with Gasteiger partial charge < -0.3 is 14.8 Å². The fourth-order valence-electron chi connectivity index (χ4n) is 1.46. The van der Waals surface area contributed by atoms with E-state index in [0.29, 0.717) is 11.2 Å². The summed E-state index contributed by atoms with van der Waals surface area (Å²) >= 11 is 0. The lowest BCUT2D eigenvalue weighted by Crippen LogP contribution is -2.34. The molecule has 0 amide bonds. The number of hydrogen-bond donors (Lipinski definition) is 2. The highest BCUT2D eigenvalue weighted by atomic mass is 16.5. The smallest absolute Gasteiger partial charge is 0.489 e. The highest BCUT2D eigenvalue weighted by Gasteiger charge is 2.18. The van der Waals surface area contributed by atoms with Crippen LogP contribution in [0.4, 0.5) is 0 Å². The summed E-state index contributed by atoms with van der Waals surface area (Å²) in [4.78, 5) is 0. The Hall–Kier alpha value is -0.995. The van der Waals surface area contributed by atoms with E-state index in [4.69, 9.17) is 14.8 Å². The van der Waals surface area contributed by atoms with Crippen molar-refractivity contribution >= 4 is 12.6 Å². The van der Waals surface area contributed by atoms with E-state index in [9.17, 15) is 0 Å². The van der Waals surface area contributed by atoms with Crippen molar-refractivity contribution in [3.8, 4) is 5.75 Å². The van der Waals surface area contributed by atoms with E-state index in [1.807, 2.05) is 13.0 Å². The van der Waals surface area contributed by atoms with Crippen LogP contribution in [0.25, 0.3) is 0 Å². The Labute approximate surface area is 78.1 Å². The second kappa shape index (κ2) is 3.81. The zero-order valence-corrected chi connectivity index (χ0v) is 8.03. The van der Waals surface area contributed by atoms with Crippen LogP contribution in [0.2, 0.25) is 0 Å². The monoisotopic (exact) mass is 180 g/mol. The van der Waals surface area contributed by atoms with Crippen molar-refractivity contribution in [2.24, 2.45) is 0 Å². The molecule has 0 unspecified atom stereocenters. The summed E-state index contributed by atoms with van der Waals surface area (Å²) in [6, 6.07) is 3.62. The van der Waals surface area contributed by atoms with Crippen LogP contribution in [0.1, 0.15) is 11.1 Å². The van der Waals surface area contributed by atoms with Gasteiger partial charge in [-0.15, -0.1) is 0 Å². The Morgan fingerprint density at radius 3 is 2.31 bits per heavy atom. The molecule has 4 heteroatoms. The minimum absolute atomic E-state index is 0.527. The lowest BCUT2D eigenvalue weighted by atomic mass is 9.74. The topological polar surface area (TPSA) is 49.7 Å². The summed E-state index contributed by atoms with van der Waals surface area (Å²) in [6.07, 6.45) is 0. The zero-order valence-electron chi connectivity index (χ0n) is 8.03. The molecule has 0 aliphatic rings. The largest absolute Gasteiger partial charge is 0.497 e. The van der Waals surface area contributed by atoms with E-state index in [1.54, 1.807) is 20.1 Å². The van der Waals surface area contributed by atoms with E-state index in [-0.39, 0.29) is 0 Å². The maximum atomic E-state index is 9.11. The molecule has 0 aromatic heterocycles. The molecule has 70 valence electrons. The summed E-state index contributed by atoms with van der Waals surface area (Å²) < 4.78 is 5.07. The molecule has 0 heterocycles. The van der Waals surface area contributed by atoms with Crippen molar-refractivity contribution in [1.82, 2.24) is 0 Å². The molecule has 0 radical (unpaired) electrons. The molecule has 1 aromatic rings. The van der Waals surface area contributed by atoms with Gasteiger partial charge in [0, 0.05) is 0 Å². The molecule has 0 fully saturated rings. The fourth-order valence-corrected chi connectivity index (χ4v) is 1.46. The van der Waals surface area contributed by atoms with Gasteiger partial charge in [-0.25, -0.2) is 0 Å². The number of hydrogen-bond acceptors (Lipinski definition) is 3. The Bertz CT molecular complexity index is 310. The number of ether oxygens (including phenoxy) is 1. The first kappa shape index (κ1) is 10.1. The van der Waals surface area contributed by atoms with Crippen LogP contribution in [0.3, 0.4) is 0 Å². The van der Waals surface area contributed by atoms with Crippen LogP contribution in [0, 0.1) is 13.8 Å². The summed E-state index contributed by atoms with van der Waals surface area (Å²) in [5, 5.41) is 18.2. The predicted octanol–water partition coefficient (Wildman–Crippen LogP) is -0.00816. The number of benzene rings is 1. The van der Waals surface area contributed by atoms with Crippen LogP contribution in [-0.2, 0) is 0 Å². The summed E-state index contributed by atoms with van der Waals surface area (Å²) in [6.45, 7) is 3.64. The maximum Gasteiger partial charge on any atom is 0.489 e. The molecule has 13 heavy (non-hydrogen) atoms. The van der Waals surface area contributed by atoms with Crippen molar-refractivity contribution < 1.29 is 14.8 Å². The van der Waals surface area contributed by atoms with Gasteiger partial charge in [0.1, 0.15) is 5.75 Å². The van der Waals surface area contributed by atoms with Crippen molar-refractivity contribution in [1.29, 1.82) is 0 Å². The first-order valence-corrected chi connectivity index (χ1v) is 4.08. The molecule has 1 rings (SSSR count). The van der Waals surface area contributed by atoms with Crippen LogP contribution >= 0.6 is 0 Å². The van der Waals surface area contributed by atoms with Gasteiger partial charge in [-0.05, 0) is 30.9 Å². The molecule has 0 saturated heterocycles. The lowest BCUT2D eigenvalue weighted by molar-refractivity contribution is 0.408. The average molecular weight is 180 g/mol. The molecule has 0 spiro atoms. The first-order valence-electron chi connectivity index (χ1n) is 4.08. The van der Waals surface area contributed by atoms with Gasteiger partial charge >= 0.3 is 7.12 Å². The molecule has 2 N–H and O–H groups in total. The molecular formula is C9H13BO3. The van der Waals surface area contributed by atoms with E-state index >= 15 is 0 Å². The summed E-state index contributed by atoms with van der Waals surface area (Å²) in [7, 11) is 0.126. The third kappa shape index (κ3) is 1.84. The Kier molecular flexibility index (Phi) is 2.96. The second-order valence-corrected chi connectivity index (χ2v) is 3.00. The fraction of sp³-hybridized carbons (Fsp3) is 0.333. The van der Waals surface area contributed by atoms with E-state index in [0.717, 1.165) is 11.1 Å². The van der Waals surface area contributed by atoms with Crippen LogP contribution < -0.4 is 10.2 Å². The molecular weight excluding hydrogens is 167 g/mol. The van der Waals surface area contributed by atoms with Crippen LogP contribution in [0.15, 0.2) is 12.1 Å². The molecule has 0 aliphatic heterocycles. The van der Waals surface area contributed by atoms with Crippen molar-refractivity contribution in [2.75, 3.05) is 7.11 Å². The number of rotatable bonds is 2. The molecule has 0 atom stereocenters. The standard InChI is InChI=1S/C9H13BO3/c1-6-4-5-8(13-3)7(2)9(6)10(11)12/h4-5,11-12H,1-3H3. The van der Waals surface area contributed by atoms with Gasteiger partial charge in [-0.3, -0.25) is 0 Å². The predicted molar refractivity (Wildman–Crippen MR) is 52.3 cm³/mol. The minimum atomic E-state index is -1.44. The molecule has 3 nitrogen and oxygen atoms in total. The Morgan fingerprint density at radius 1 is 1.23 bits per heavy atom. The average Bonchev–Trinajstić information content (AvgIpc) is 2.04. The van der Waals surface area contributed by atoms with E-state index < -0.39 is 7.12 Å². The van der Waals surface area contributed by atoms with E-state index in [2.05, 4.69) is 0 Å². The van der Waals surface area contributed by atoms with Gasteiger partial charge in [0.2, 0.25) is 0 Å². The lowest BCUT2D eigenvalue weighted by Gasteiger charge is -2.12. The van der Waals surface area contributed by atoms with Crippen molar-refractivity contribution in [2.45, 2.75) is 13.8 Å². The third-order valence-corrected chi connectivity index (χ3v) is 2.16. The van der Waals surface area contributed by atoms with Crippen LogP contribution in [0.5, 0.6) is 5.75 Å². The normalized spacial score (nSPS) is 9.92. The molecule has 0 bridgehead atoms. The third-order valence-electron chi connectivity index (χ3n) is 2.16. The van der Waals surface area contributed by atoms with Gasteiger partial charge in [0.05, 0.1) is 7.11 Å². The number of methoxy groups -OCH3 is 1. The SMILES string of the molecule is COc1ccc(C)c(B(O)O)c1C. The molecule has 0 saturated carbocycles. The van der Waals surface area contributed by atoms with E-state index in [1.165, 1.54) is 0 Å². The van der Waals surface area contributed by atoms with Gasteiger partial charge in [-0.1, -0.05) is 11.6 Å². The summed E-state index contributed by atoms with van der Waals surface area (Å²) in [5.74, 6) is 0.675. The van der Waals surface area contributed by atoms with Gasteiger partial charge in [0.15, 0.2) is 0 Å². The Morgan fingerprint density at radius 2 is 1.85 bits per heavy atom. The summed E-state index contributed by atoms with van der Waals surface area (Å²) in [5.41, 5.74) is 2.16. The minimum Gasteiger partial charge on any atom is -0.497 e. The molecule has 0 aliphatic carbocycles. The van der Waals surface area contributed by atoms with Crippen molar-refractivity contribution in [3.05, 3.63) is 23.3 Å². The Balaban J connectivity index is 3.30. The quantitative estimate of drug-likeness (QED) is 0.629. The van der Waals surface area contributed by atoms with Gasteiger partial charge in [0.25, 0.3) is 0 Å². The molecule has 1 aromatic carbocycles. The van der Waals surface area contributed by atoms with Crippen LogP contribution in [-0.4, -0.2) is 24.3 Å². The van der Waals surface area contributed by atoms with Gasteiger partial charge in [-0.2, -0.15) is 0 Å². The highest BCUT2D eigenvalue weighted by molar-refractivity contribution is 6.59. The number of aryl methyl sites for hydroxylation is 1. The second-order valence-electron chi connectivity index (χ2n) is 3.00. The van der Waals surface area contributed by atoms with Crippen molar-refractivity contribution in [3.63, 3.8) is 0 Å². The maximum absolute atomic E-state index is 9.11.